The van der Waals surface area contributed by atoms with Crippen molar-refractivity contribution in [3.05, 3.63) is 59.7 Å². The molecule has 0 aliphatic heterocycles. The van der Waals surface area contributed by atoms with Crippen LogP contribution in [0, 0.1) is 11.3 Å². The Kier molecular flexibility index (Phi) is 3.74. The van der Waals surface area contributed by atoms with Gasteiger partial charge < -0.3 is 4.57 Å². The summed E-state index contributed by atoms with van der Waals surface area (Å²) in [6.07, 6.45) is 0. The third kappa shape index (κ3) is 2.53. The number of nitriles is 1. The van der Waals surface area contributed by atoms with Crippen molar-refractivity contribution in [1.82, 2.24) is 4.57 Å². The summed E-state index contributed by atoms with van der Waals surface area (Å²) in [6, 6.07) is 19.2. The molecular formula is C21H22N2. The van der Waals surface area contributed by atoms with Crippen LogP contribution in [0.1, 0.15) is 38.8 Å². The first kappa shape index (κ1) is 15.4. The van der Waals surface area contributed by atoms with E-state index >= 15 is 0 Å². The van der Waals surface area contributed by atoms with Crippen molar-refractivity contribution in [3.63, 3.8) is 0 Å². The molecule has 2 aromatic carbocycles. The van der Waals surface area contributed by atoms with Crippen LogP contribution in [0.15, 0.2) is 48.5 Å². The average Bonchev–Trinajstić information content (AvgIpc) is 2.87. The number of nitrogens with zero attached hydrogens (tertiary/aromatic N) is 2. The van der Waals surface area contributed by atoms with E-state index < -0.39 is 0 Å². The fourth-order valence-corrected chi connectivity index (χ4v) is 3.17. The van der Waals surface area contributed by atoms with E-state index in [1.54, 1.807) is 0 Å². The molecule has 0 atom stereocenters. The summed E-state index contributed by atoms with van der Waals surface area (Å²) in [4.78, 5) is 0. The van der Waals surface area contributed by atoms with Gasteiger partial charge in [0.15, 0.2) is 0 Å². The molecule has 0 amide bonds. The van der Waals surface area contributed by atoms with Crippen molar-refractivity contribution in [2.75, 3.05) is 0 Å². The van der Waals surface area contributed by atoms with Crippen LogP contribution < -0.4 is 0 Å². The molecule has 0 unspecified atom stereocenters. The maximum absolute atomic E-state index is 9.71. The normalized spacial score (nSPS) is 11.6. The lowest BCUT2D eigenvalue weighted by Gasteiger charge is -2.19. The van der Waals surface area contributed by atoms with E-state index in [-0.39, 0.29) is 5.41 Å². The number of para-hydroxylation sites is 1. The zero-order valence-electron chi connectivity index (χ0n) is 14.2. The number of aryl methyl sites for hydroxylation is 1. The van der Waals surface area contributed by atoms with Gasteiger partial charge in [0.05, 0.1) is 11.3 Å². The van der Waals surface area contributed by atoms with Crippen LogP contribution in [-0.2, 0) is 12.0 Å². The van der Waals surface area contributed by atoms with Crippen molar-refractivity contribution in [1.29, 1.82) is 5.26 Å². The molecule has 0 spiro atoms. The summed E-state index contributed by atoms with van der Waals surface area (Å²) in [6.45, 7) is 9.61. The van der Waals surface area contributed by atoms with Crippen LogP contribution in [0.5, 0.6) is 0 Å². The fraction of sp³-hybridized carbons (Fsp3) is 0.286. The van der Waals surface area contributed by atoms with Crippen molar-refractivity contribution in [2.24, 2.45) is 0 Å². The SMILES string of the molecule is CCn1c(-c2ccc(C(C)(C)C)cc2)c(C#N)c2ccccc21. The van der Waals surface area contributed by atoms with E-state index in [0.29, 0.717) is 0 Å². The second kappa shape index (κ2) is 5.59. The molecule has 2 nitrogen and oxygen atoms in total. The van der Waals surface area contributed by atoms with Crippen molar-refractivity contribution < 1.29 is 0 Å². The lowest BCUT2D eigenvalue weighted by molar-refractivity contribution is 0.590. The minimum absolute atomic E-state index is 0.133. The highest BCUT2D eigenvalue weighted by Gasteiger charge is 2.18. The van der Waals surface area contributed by atoms with Gasteiger partial charge in [-0.15, -0.1) is 0 Å². The van der Waals surface area contributed by atoms with Crippen molar-refractivity contribution in [2.45, 2.75) is 39.7 Å². The van der Waals surface area contributed by atoms with Gasteiger partial charge in [-0.3, -0.25) is 0 Å². The third-order valence-electron chi connectivity index (χ3n) is 4.42. The summed E-state index contributed by atoms with van der Waals surface area (Å²) < 4.78 is 2.24. The number of rotatable bonds is 2. The van der Waals surface area contributed by atoms with Gasteiger partial charge in [-0.05, 0) is 29.5 Å². The molecule has 1 heterocycles. The summed E-state index contributed by atoms with van der Waals surface area (Å²) in [5.74, 6) is 0. The number of benzene rings is 2. The molecule has 116 valence electrons. The van der Waals surface area contributed by atoms with Crippen LogP contribution in [0.2, 0.25) is 0 Å². The Morgan fingerprint density at radius 3 is 2.22 bits per heavy atom. The molecule has 0 bridgehead atoms. The van der Waals surface area contributed by atoms with E-state index in [2.05, 4.69) is 68.7 Å². The average molecular weight is 302 g/mol. The van der Waals surface area contributed by atoms with Gasteiger partial charge in [-0.1, -0.05) is 63.2 Å². The highest BCUT2D eigenvalue weighted by atomic mass is 15.0. The van der Waals surface area contributed by atoms with E-state index in [4.69, 9.17) is 0 Å². The predicted molar refractivity (Wildman–Crippen MR) is 96.5 cm³/mol. The number of aromatic nitrogens is 1. The maximum Gasteiger partial charge on any atom is 0.102 e. The van der Waals surface area contributed by atoms with Gasteiger partial charge >= 0.3 is 0 Å². The molecule has 0 fully saturated rings. The first-order valence-corrected chi connectivity index (χ1v) is 8.09. The van der Waals surface area contributed by atoms with Crippen LogP contribution in [0.4, 0.5) is 0 Å². The smallest absolute Gasteiger partial charge is 0.102 e. The van der Waals surface area contributed by atoms with E-state index in [1.165, 1.54) is 5.56 Å². The zero-order valence-corrected chi connectivity index (χ0v) is 14.2. The summed E-state index contributed by atoms with van der Waals surface area (Å²) in [5, 5.41) is 10.7. The van der Waals surface area contributed by atoms with E-state index in [9.17, 15) is 5.26 Å². The lowest BCUT2D eigenvalue weighted by Crippen LogP contribution is -2.10. The molecule has 0 saturated heterocycles. The van der Waals surface area contributed by atoms with Gasteiger partial charge in [0.1, 0.15) is 6.07 Å². The van der Waals surface area contributed by atoms with Gasteiger partial charge in [0, 0.05) is 17.4 Å². The summed E-state index contributed by atoms with van der Waals surface area (Å²) >= 11 is 0. The first-order valence-electron chi connectivity index (χ1n) is 8.09. The first-order chi connectivity index (χ1) is 11.0. The Hall–Kier alpha value is -2.53. The molecule has 0 N–H and O–H groups in total. The Labute approximate surface area is 138 Å². The quantitative estimate of drug-likeness (QED) is 0.614. The Balaban J connectivity index is 2.26. The van der Waals surface area contributed by atoms with Gasteiger partial charge in [0.2, 0.25) is 0 Å². The molecule has 3 aromatic rings. The van der Waals surface area contributed by atoms with Gasteiger partial charge in [0.25, 0.3) is 0 Å². The molecule has 0 radical (unpaired) electrons. The third-order valence-corrected chi connectivity index (χ3v) is 4.42. The molecule has 1 aromatic heterocycles. The molecule has 23 heavy (non-hydrogen) atoms. The maximum atomic E-state index is 9.71. The summed E-state index contributed by atoms with van der Waals surface area (Å²) in [7, 11) is 0. The minimum Gasteiger partial charge on any atom is -0.340 e. The van der Waals surface area contributed by atoms with Crippen molar-refractivity contribution in [3.8, 4) is 17.3 Å². The number of hydrogen-bond donors (Lipinski definition) is 0. The Morgan fingerprint density at radius 2 is 1.65 bits per heavy atom. The van der Waals surface area contributed by atoms with Crippen LogP contribution in [0.25, 0.3) is 22.2 Å². The second-order valence-corrected chi connectivity index (χ2v) is 6.92. The largest absolute Gasteiger partial charge is 0.340 e. The molecule has 3 rings (SSSR count). The monoisotopic (exact) mass is 302 g/mol. The van der Waals surface area contributed by atoms with Gasteiger partial charge in [-0.2, -0.15) is 5.26 Å². The second-order valence-electron chi connectivity index (χ2n) is 6.92. The highest BCUT2D eigenvalue weighted by Crippen LogP contribution is 2.34. The van der Waals surface area contributed by atoms with Crippen LogP contribution >= 0.6 is 0 Å². The Morgan fingerprint density at radius 1 is 1.00 bits per heavy atom. The summed E-state index contributed by atoms with van der Waals surface area (Å²) in [5.41, 5.74) is 5.46. The zero-order chi connectivity index (χ0) is 16.6. The predicted octanol–water partition coefficient (Wildman–Crippen LogP) is 5.50. The molecule has 0 aliphatic carbocycles. The van der Waals surface area contributed by atoms with Crippen molar-refractivity contribution >= 4 is 10.9 Å². The van der Waals surface area contributed by atoms with E-state index in [0.717, 1.165) is 34.3 Å². The Bertz CT molecular complexity index is 884. The molecular weight excluding hydrogens is 280 g/mol. The molecule has 0 aliphatic rings. The number of hydrogen-bond acceptors (Lipinski definition) is 1. The topological polar surface area (TPSA) is 28.7 Å². The van der Waals surface area contributed by atoms with Crippen LogP contribution in [-0.4, -0.2) is 4.57 Å². The fourth-order valence-electron chi connectivity index (χ4n) is 3.17. The minimum atomic E-state index is 0.133. The number of fused-ring (bicyclic) bond motifs is 1. The molecule has 0 saturated carbocycles. The molecule has 2 heteroatoms. The standard InChI is InChI=1S/C21H22N2/c1-5-23-19-9-7-6-8-17(19)18(14-22)20(23)15-10-12-16(13-11-15)21(2,3)4/h6-13H,5H2,1-4H3. The highest BCUT2D eigenvalue weighted by molar-refractivity contribution is 5.94. The van der Waals surface area contributed by atoms with E-state index in [1.807, 2.05) is 18.2 Å². The van der Waals surface area contributed by atoms with Gasteiger partial charge in [-0.25, -0.2) is 0 Å². The lowest BCUT2D eigenvalue weighted by atomic mass is 9.86. The van der Waals surface area contributed by atoms with Crippen LogP contribution in [0.3, 0.4) is 0 Å².